The van der Waals surface area contributed by atoms with Crippen LogP contribution in [0.2, 0.25) is 0 Å². The van der Waals surface area contributed by atoms with Crippen molar-refractivity contribution in [1.29, 1.82) is 10.7 Å². The number of rotatable bonds is 6. The van der Waals surface area contributed by atoms with Crippen LogP contribution in [-0.2, 0) is 17.4 Å². The normalized spacial score (nSPS) is 11.8. The zero-order valence-electron chi connectivity index (χ0n) is 14.5. The fraction of sp³-hybridized carbons (Fsp3) is 0.421. The minimum atomic E-state index is -0.612. The van der Waals surface area contributed by atoms with Crippen LogP contribution in [0.3, 0.4) is 0 Å². The summed E-state index contributed by atoms with van der Waals surface area (Å²) in [6.45, 7) is 9.99. The van der Waals surface area contributed by atoms with Crippen LogP contribution in [0.25, 0.3) is 0 Å². The molecule has 120 valence electrons. The summed E-state index contributed by atoms with van der Waals surface area (Å²) in [5, 5.41) is 22.5. The molecular weight excluding hydrogens is 284 g/mol. The highest BCUT2D eigenvalue weighted by molar-refractivity contribution is 5.58. The minimum Gasteiger partial charge on any atom is -0.290 e. The molecule has 0 aliphatic carbocycles. The topological polar surface area (TPSA) is 63.2 Å². The summed E-state index contributed by atoms with van der Waals surface area (Å²) >= 11 is 0. The number of benzene rings is 1. The molecule has 0 unspecified atom stereocenters. The monoisotopic (exact) mass is 308 g/mol. The van der Waals surface area contributed by atoms with Gasteiger partial charge in [-0.05, 0) is 51.3 Å². The van der Waals surface area contributed by atoms with E-state index in [9.17, 15) is 5.26 Å². The highest BCUT2D eigenvalue weighted by Gasteiger charge is 2.25. The van der Waals surface area contributed by atoms with Crippen molar-refractivity contribution < 1.29 is 0 Å². The van der Waals surface area contributed by atoms with Gasteiger partial charge in [-0.15, -0.1) is 6.42 Å². The number of hydrogen-bond acceptors (Lipinski definition) is 3. The summed E-state index contributed by atoms with van der Waals surface area (Å²) in [7, 11) is 0. The molecule has 0 aliphatic rings. The highest BCUT2D eigenvalue weighted by atomic mass is 15.4. The van der Waals surface area contributed by atoms with E-state index in [1.54, 1.807) is 13.1 Å². The molecule has 0 saturated heterocycles. The molecule has 0 bridgehead atoms. The van der Waals surface area contributed by atoms with Gasteiger partial charge in [-0.3, -0.25) is 10.4 Å². The molecular formula is C19H24N4. The maximum Gasteiger partial charge on any atom is 0.103 e. The summed E-state index contributed by atoms with van der Waals surface area (Å²) in [5.41, 5.74) is 1.83. The first-order valence-electron chi connectivity index (χ1n) is 7.50. The average molecular weight is 308 g/mol. The number of nitrogens with zero attached hydrogens (tertiary/aromatic N) is 3. The molecule has 1 aromatic rings. The number of nitriles is 1. The Morgan fingerprint density at radius 3 is 2.22 bits per heavy atom. The van der Waals surface area contributed by atoms with Crippen molar-refractivity contribution in [2.75, 3.05) is 0 Å². The largest absolute Gasteiger partial charge is 0.290 e. The highest BCUT2D eigenvalue weighted by Crippen LogP contribution is 2.30. The third-order valence-corrected chi connectivity index (χ3v) is 3.83. The van der Waals surface area contributed by atoms with Crippen molar-refractivity contribution in [2.24, 2.45) is 5.10 Å². The SMILES string of the molecule is C#CC(C)(C)c1cc(CN(C=N)/N=C\C)cc(C(C)(C)C#N)c1. The molecule has 0 amide bonds. The lowest BCUT2D eigenvalue weighted by atomic mass is 9.79. The second kappa shape index (κ2) is 7.11. The van der Waals surface area contributed by atoms with E-state index in [0.717, 1.165) is 16.7 Å². The molecule has 0 spiro atoms. The van der Waals surface area contributed by atoms with Crippen molar-refractivity contribution in [3.8, 4) is 18.4 Å². The molecule has 0 heterocycles. The first-order chi connectivity index (χ1) is 10.7. The smallest absolute Gasteiger partial charge is 0.103 e. The lowest BCUT2D eigenvalue weighted by Gasteiger charge is -2.25. The summed E-state index contributed by atoms with van der Waals surface area (Å²) in [5.74, 6) is 2.80. The van der Waals surface area contributed by atoms with Crippen molar-refractivity contribution in [3.63, 3.8) is 0 Å². The van der Waals surface area contributed by atoms with Crippen LogP contribution in [0.15, 0.2) is 23.3 Å². The first kappa shape index (κ1) is 18.5. The van der Waals surface area contributed by atoms with E-state index < -0.39 is 10.8 Å². The Labute approximate surface area is 139 Å². The fourth-order valence-corrected chi connectivity index (χ4v) is 2.11. The Morgan fingerprint density at radius 2 is 1.78 bits per heavy atom. The first-order valence-corrected chi connectivity index (χ1v) is 7.50. The lowest BCUT2D eigenvalue weighted by molar-refractivity contribution is 0.451. The number of hydrogen-bond donors (Lipinski definition) is 1. The van der Waals surface area contributed by atoms with Gasteiger partial charge in [0.05, 0.1) is 23.4 Å². The van der Waals surface area contributed by atoms with E-state index in [1.807, 2.05) is 45.9 Å². The van der Waals surface area contributed by atoms with E-state index >= 15 is 0 Å². The Balaban J connectivity index is 3.45. The van der Waals surface area contributed by atoms with E-state index in [-0.39, 0.29) is 0 Å². The van der Waals surface area contributed by atoms with Gasteiger partial charge in [-0.2, -0.15) is 10.4 Å². The van der Waals surface area contributed by atoms with Crippen LogP contribution in [0.1, 0.15) is 51.3 Å². The number of hydrazone groups is 1. The van der Waals surface area contributed by atoms with Gasteiger partial charge in [0.25, 0.3) is 0 Å². The van der Waals surface area contributed by atoms with Gasteiger partial charge in [0.2, 0.25) is 0 Å². The Bertz CT molecular complexity index is 640. The molecule has 0 saturated carbocycles. The maximum absolute atomic E-state index is 9.44. The quantitative estimate of drug-likeness (QED) is 0.376. The summed E-state index contributed by atoms with van der Waals surface area (Å²) < 4.78 is 0. The molecule has 1 N–H and O–H groups in total. The van der Waals surface area contributed by atoms with Crippen LogP contribution >= 0.6 is 0 Å². The molecule has 0 aliphatic heterocycles. The van der Waals surface area contributed by atoms with Crippen molar-refractivity contribution in [1.82, 2.24) is 5.01 Å². The van der Waals surface area contributed by atoms with Crippen LogP contribution in [-0.4, -0.2) is 17.6 Å². The molecule has 4 heteroatoms. The summed E-state index contributed by atoms with van der Waals surface area (Å²) in [4.78, 5) is 0. The zero-order valence-corrected chi connectivity index (χ0v) is 14.5. The molecule has 0 atom stereocenters. The molecule has 1 rings (SSSR count). The zero-order chi connectivity index (χ0) is 17.7. The standard InChI is InChI=1S/C19H24N4/c1-7-18(3,4)16-9-15(12-23(14-21)22-8-2)10-17(11-16)19(5,6)13-20/h1,8-11,14,21H,12H2,2-6H3/b21-14?,22-8-. The average Bonchev–Trinajstić information content (AvgIpc) is 2.54. The van der Waals surface area contributed by atoms with Crippen LogP contribution in [0.4, 0.5) is 0 Å². The van der Waals surface area contributed by atoms with Gasteiger partial charge >= 0.3 is 0 Å². The van der Waals surface area contributed by atoms with Crippen LogP contribution in [0.5, 0.6) is 0 Å². The van der Waals surface area contributed by atoms with E-state index in [0.29, 0.717) is 6.54 Å². The third kappa shape index (κ3) is 4.44. The van der Waals surface area contributed by atoms with Crippen molar-refractivity contribution >= 4 is 12.6 Å². The molecule has 23 heavy (non-hydrogen) atoms. The van der Waals surface area contributed by atoms with Crippen LogP contribution in [0, 0.1) is 29.1 Å². The Hall–Kier alpha value is -2.59. The lowest BCUT2D eigenvalue weighted by Crippen LogP contribution is -2.21. The maximum atomic E-state index is 9.44. The van der Waals surface area contributed by atoms with Gasteiger partial charge in [0.1, 0.15) is 6.34 Å². The van der Waals surface area contributed by atoms with Crippen LogP contribution < -0.4 is 0 Å². The molecule has 0 aromatic heterocycles. The second-order valence-corrected chi connectivity index (χ2v) is 6.53. The molecule has 4 nitrogen and oxygen atoms in total. The Kier molecular flexibility index (Phi) is 5.71. The van der Waals surface area contributed by atoms with Gasteiger partial charge in [0, 0.05) is 6.21 Å². The van der Waals surface area contributed by atoms with E-state index in [4.69, 9.17) is 11.8 Å². The third-order valence-electron chi connectivity index (χ3n) is 3.83. The van der Waals surface area contributed by atoms with Crippen molar-refractivity contribution in [3.05, 3.63) is 34.9 Å². The van der Waals surface area contributed by atoms with E-state index in [1.165, 1.54) is 11.3 Å². The summed E-state index contributed by atoms with van der Waals surface area (Å²) in [6.07, 6.45) is 8.48. The Morgan fingerprint density at radius 1 is 1.22 bits per heavy atom. The predicted molar refractivity (Wildman–Crippen MR) is 95.4 cm³/mol. The van der Waals surface area contributed by atoms with Crippen molar-refractivity contribution in [2.45, 2.75) is 52.0 Å². The fourth-order valence-electron chi connectivity index (χ4n) is 2.11. The van der Waals surface area contributed by atoms with Gasteiger partial charge in [-0.25, -0.2) is 0 Å². The van der Waals surface area contributed by atoms with Gasteiger partial charge in [0.15, 0.2) is 0 Å². The minimum absolute atomic E-state index is 0.431. The number of terminal acetylenes is 1. The van der Waals surface area contributed by atoms with E-state index in [2.05, 4.69) is 17.1 Å². The second-order valence-electron chi connectivity index (χ2n) is 6.53. The molecule has 1 aromatic carbocycles. The summed E-state index contributed by atoms with van der Waals surface area (Å²) in [6, 6.07) is 8.35. The predicted octanol–water partition coefficient (Wildman–Crippen LogP) is 3.81. The van der Waals surface area contributed by atoms with Gasteiger partial charge < -0.3 is 0 Å². The molecule has 0 fully saturated rings. The molecule has 0 radical (unpaired) electrons. The number of nitrogens with one attached hydrogen (secondary N) is 1. The van der Waals surface area contributed by atoms with Gasteiger partial charge in [-0.1, -0.05) is 24.1 Å².